The van der Waals surface area contributed by atoms with Gasteiger partial charge in [0.25, 0.3) is 11.7 Å². The molecule has 0 bridgehead atoms. The first-order chi connectivity index (χ1) is 16.1. The third kappa shape index (κ3) is 4.38. The molecule has 34 heavy (non-hydrogen) atoms. The Morgan fingerprint density at radius 3 is 2.35 bits per heavy atom. The highest BCUT2D eigenvalue weighted by Gasteiger charge is 2.46. The summed E-state index contributed by atoms with van der Waals surface area (Å²) < 4.78 is 0. The molecule has 3 aromatic rings. The number of amides is 1. The van der Waals surface area contributed by atoms with E-state index in [9.17, 15) is 14.7 Å². The van der Waals surface area contributed by atoms with E-state index in [-0.39, 0.29) is 23.3 Å². The summed E-state index contributed by atoms with van der Waals surface area (Å²) in [7, 11) is 0. The molecule has 174 valence electrons. The number of ketones is 1. The quantitative estimate of drug-likeness (QED) is 0.316. The van der Waals surface area contributed by atoms with Crippen LogP contribution in [0.15, 0.2) is 72.6 Å². The van der Waals surface area contributed by atoms with Crippen LogP contribution in [0.1, 0.15) is 60.2 Å². The van der Waals surface area contributed by atoms with E-state index in [1.807, 2.05) is 62.4 Å². The smallest absolute Gasteiger partial charge is 0.295 e. The normalized spacial score (nSPS) is 17.9. The second-order valence-electron chi connectivity index (χ2n) is 9.98. The molecule has 2 heterocycles. The van der Waals surface area contributed by atoms with E-state index in [2.05, 4.69) is 25.8 Å². The fourth-order valence-electron chi connectivity index (χ4n) is 4.38. The number of nitrogens with zero attached hydrogens (tertiary/aromatic N) is 2. The molecule has 2 aromatic carbocycles. The Kier molecular flexibility index (Phi) is 6.13. The molecule has 0 saturated carbocycles. The molecule has 1 aliphatic heterocycles. The summed E-state index contributed by atoms with van der Waals surface area (Å²) in [5.41, 5.74) is 5.19. The fraction of sp³-hybridized carbons (Fsp3) is 0.276. The van der Waals surface area contributed by atoms with Crippen LogP contribution < -0.4 is 0 Å². The molecule has 1 N–H and O–H groups in total. The number of hydrogen-bond acceptors (Lipinski definition) is 4. The van der Waals surface area contributed by atoms with Crippen molar-refractivity contribution in [2.24, 2.45) is 0 Å². The van der Waals surface area contributed by atoms with Gasteiger partial charge in [-0.25, -0.2) is 0 Å². The average Bonchev–Trinajstić information content (AvgIpc) is 3.05. The summed E-state index contributed by atoms with van der Waals surface area (Å²) in [6, 6.07) is 16.6. The number of carbonyl (C=O) groups excluding carboxylic acids is 2. The minimum Gasteiger partial charge on any atom is -0.507 e. The van der Waals surface area contributed by atoms with Crippen molar-refractivity contribution < 1.29 is 14.7 Å². The van der Waals surface area contributed by atoms with E-state index in [0.29, 0.717) is 5.56 Å². The Hall–Kier alpha value is -3.73. The van der Waals surface area contributed by atoms with Gasteiger partial charge in [0.05, 0.1) is 11.6 Å². The lowest BCUT2D eigenvalue weighted by atomic mass is 9.85. The highest BCUT2D eigenvalue weighted by Crippen LogP contribution is 2.41. The molecule has 0 aliphatic carbocycles. The van der Waals surface area contributed by atoms with Gasteiger partial charge < -0.3 is 10.0 Å². The van der Waals surface area contributed by atoms with Crippen LogP contribution in [0.4, 0.5) is 0 Å². The summed E-state index contributed by atoms with van der Waals surface area (Å²) in [5, 5.41) is 11.4. The highest BCUT2D eigenvalue weighted by molar-refractivity contribution is 6.46. The lowest BCUT2D eigenvalue weighted by molar-refractivity contribution is -0.140. The maximum absolute atomic E-state index is 13.3. The number of aromatic nitrogens is 1. The van der Waals surface area contributed by atoms with Gasteiger partial charge >= 0.3 is 0 Å². The van der Waals surface area contributed by atoms with E-state index in [1.165, 1.54) is 4.90 Å². The standard InChI is InChI=1S/C29H30N2O3/c1-18-8-9-19(2)23(15-18)26(32)24-25(21-10-12-22(13-11-21)29(3,4)5)31(28(34)27(24)33)17-20-7-6-14-30-16-20/h6-16,25,32H,17H2,1-5H3/b26-24+. The molecule has 1 aliphatic rings. The molecule has 5 nitrogen and oxygen atoms in total. The van der Waals surface area contributed by atoms with Gasteiger partial charge in [-0.05, 0) is 53.6 Å². The first-order valence-electron chi connectivity index (χ1n) is 11.4. The van der Waals surface area contributed by atoms with E-state index in [1.54, 1.807) is 18.5 Å². The van der Waals surface area contributed by atoms with Crippen molar-refractivity contribution in [2.75, 3.05) is 0 Å². The second-order valence-corrected chi connectivity index (χ2v) is 9.98. The Bertz CT molecular complexity index is 1270. The van der Waals surface area contributed by atoms with Crippen molar-refractivity contribution in [1.82, 2.24) is 9.88 Å². The number of rotatable bonds is 4. The van der Waals surface area contributed by atoms with Crippen molar-refractivity contribution in [2.45, 2.75) is 52.6 Å². The third-order valence-electron chi connectivity index (χ3n) is 6.36. The van der Waals surface area contributed by atoms with Gasteiger partial charge in [0.15, 0.2) is 0 Å². The van der Waals surface area contributed by atoms with Crippen molar-refractivity contribution in [3.8, 4) is 0 Å². The number of benzene rings is 2. The molecule has 1 amide bonds. The minimum atomic E-state index is -0.700. The van der Waals surface area contributed by atoms with Gasteiger partial charge in [-0.3, -0.25) is 14.6 Å². The first kappa shape index (κ1) is 23.4. The van der Waals surface area contributed by atoms with Crippen LogP contribution in [0.25, 0.3) is 5.76 Å². The van der Waals surface area contributed by atoms with Crippen LogP contribution in [0.3, 0.4) is 0 Å². The molecule has 0 spiro atoms. The van der Waals surface area contributed by atoms with Gasteiger partial charge in [-0.1, -0.05) is 68.8 Å². The number of aliphatic hydroxyl groups is 1. The van der Waals surface area contributed by atoms with Crippen LogP contribution in [0, 0.1) is 13.8 Å². The van der Waals surface area contributed by atoms with Gasteiger partial charge in [-0.15, -0.1) is 0 Å². The van der Waals surface area contributed by atoms with E-state index >= 15 is 0 Å². The number of likely N-dealkylation sites (tertiary alicyclic amines) is 1. The maximum Gasteiger partial charge on any atom is 0.295 e. The molecule has 1 aromatic heterocycles. The van der Waals surface area contributed by atoms with Crippen molar-refractivity contribution in [3.05, 3.63) is 106 Å². The topological polar surface area (TPSA) is 70.5 Å². The summed E-state index contributed by atoms with van der Waals surface area (Å²) in [5.74, 6) is -1.44. The predicted octanol–water partition coefficient (Wildman–Crippen LogP) is 5.62. The SMILES string of the molecule is Cc1ccc(C)c(/C(O)=C2\C(=O)C(=O)N(Cc3cccnc3)C2c2ccc(C(C)(C)C)cc2)c1. The highest BCUT2D eigenvalue weighted by atomic mass is 16.3. The lowest BCUT2D eigenvalue weighted by Crippen LogP contribution is -2.29. The molecule has 5 heteroatoms. The number of carbonyl (C=O) groups is 2. The van der Waals surface area contributed by atoms with E-state index < -0.39 is 17.7 Å². The Balaban J connectivity index is 1.89. The Labute approximate surface area is 200 Å². The fourth-order valence-corrected chi connectivity index (χ4v) is 4.38. The van der Waals surface area contributed by atoms with Crippen molar-refractivity contribution >= 4 is 17.4 Å². The number of aliphatic hydroxyl groups excluding tert-OH is 1. The average molecular weight is 455 g/mol. The molecular formula is C29H30N2O3. The second kappa shape index (κ2) is 8.90. The van der Waals surface area contributed by atoms with Crippen molar-refractivity contribution in [1.29, 1.82) is 0 Å². The van der Waals surface area contributed by atoms with E-state index in [0.717, 1.165) is 27.8 Å². The maximum atomic E-state index is 13.3. The zero-order valence-corrected chi connectivity index (χ0v) is 20.3. The van der Waals surface area contributed by atoms with Crippen LogP contribution in [-0.4, -0.2) is 26.7 Å². The molecule has 4 rings (SSSR count). The van der Waals surface area contributed by atoms with Gasteiger partial charge in [0.2, 0.25) is 0 Å². The summed E-state index contributed by atoms with van der Waals surface area (Å²) in [4.78, 5) is 32.2. The number of aryl methyl sites for hydroxylation is 2. The molecule has 0 radical (unpaired) electrons. The summed E-state index contributed by atoms with van der Waals surface area (Å²) in [6.45, 7) is 10.4. The predicted molar refractivity (Wildman–Crippen MR) is 133 cm³/mol. The first-order valence-corrected chi connectivity index (χ1v) is 11.4. The molecule has 1 unspecified atom stereocenters. The van der Waals surface area contributed by atoms with Gasteiger partial charge in [0.1, 0.15) is 5.76 Å². The summed E-state index contributed by atoms with van der Waals surface area (Å²) in [6.07, 6.45) is 3.35. The summed E-state index contributed by atoms with van der Waals surface area (Å²) >= 11 is 0. The third-order valence-corrected chi connectivity index (χ3v) is 6.36. The Morgan fingerprint density at radius 2 is 1.74 bits per heavy atom. The van der Waals surface area contributed by atoms with Crippen LogP contribution in [0.2, 0.25) is 0 Å². The lowest BCUT2D eigenvalue weighted by Gasteiger charge is -2.26. The number of hydrogen-bond donors (Lipinski definition) is 1. The zero-order valence-electron chi connectivity index (χ0n) is 20.3. The minimum absolute atomic E-state index is 0.0330. The van der Waals surface area contributed by atoms with Gasteiger partial charge in [0, 0.05) is 24.5 Å². The van der Waals surface area contributed by atoms with E-state index in [4.69, 9.17) is 0 Å². The molecule has 1 fully saturated rings. The van der Waals surface area contributed by atoms with Crippen LogP contribution in [0.5, 0.6) is 0 Å². The largest absolute Gasteiger partial charge is 0.507 e. The molecule has 1 saturated heterocycles. The number of pyridine rings is 1. The monoisotopic (exact) mass is 454 g/mol. The zero-order chi connectivity index (χ0) is 24.6. The van der Waals surface area contributed by atoms with Crippen molar-refractivity contribution in [3.63, 3.8) is 0 Å². The number of Topliss-reactive ketones (excluding diaryl/α,β-unsaturated/α-hetero) is 1. The van der Waals surface area contributed by atoms with Crippen LogP contribution >= 0.6 is 0 Å². The molecule has 1 atom stereocenters. The van der Waals surface area contributed by atoms with Gasteiger partial charge in [-0.2, -0.15) is 0 Å². The van der Waals surface area contributed by atoms with Crippen LogP contribution in [-0.2, 0) is 21.5 Å². The molecular weight excluding hydrogens is 424 g/mol. The Morgan fingerprint density at radius 1 is 1.03 bits per heavy atom.